The first kappa shape index (κ1) is 19.1. The van der Waals surface area contributed by atoms with Crippen LogP contribution in [-0.2, 0) is 4.74 Å². The minimum atomic E-state index is -0.769. The third-order valence-corrected chi connectivity index (χ3v) is 5.82. The number of methoxy groups -OCH3 is 1. The maximum absolute atomic E-state index is 12.9. The summed E-state index contributed by atoms with van der Waals surface area (Å²) >= 11 is 1.36. The molecule has 0 aliphatic carbocycles. The average Bonchev–Trinajstić information content (AvgIpc) is 3.28. The van der Waals surface area contributed by atoms with Gasteiger partial charge in [0.05, 0.1) is 23.9 Å². The summed E-state index contributed by atoms with van der Waals surface area (Å²) in [7, 11) is 1.58. The van der Waals surface area contributed by atoms with Crippen molar-refractivity contribution in [2.45, 2.75) is 20.1 Å². The Labute approximate surface area is 171 Å². The van der Waals surface area contributed by atoms with Crippen molar-refractivity contribution in [3.63, 3.8) is 0 Å². The number of carbonyl (C=O) groups excluding carboxylic acids is 2. The lowest BCUT2D eigenvalue weighted by Gasteiger charge is -2.20. The van der Waals surface area contributed by atoms with Gasteiger partial charge in [-0.15, -0.1) is 0 Å². The zero-order chi connectivity index (χ0) is 20.5. The molecule has 1 aliphatic heterocycles. The molecule has 2 amide bonds. The van der Waals surface area contributed by atoms with Crippen LogP contribution in [0.25, 0.3) is 10.2 Å². The lowest BCUT2D eigenvalue weighted by molar-refractivity contribution is 0.0326. The summed E-state index contributed by atoms with van der Waals surface area (Å²) in [6, 6.07) is 6.98. The number of nitrogens with zero attached hydrogens (tertiary/aromatic N) is 4. The van der Waals surface area contributed by atoms with Gasteiger partial charge in [-0.2, -0.15) is 0 Å². The van der Waals surface area contributed by atoms with E-state index >= 15 is 0 Å². The lowest BCUT2D eigenvalue weighted by Crippen LogP contribution is -2.37. The van der Waals surface area contributed by atoms with Crippen LogP contribution >= 0.6 is 11.3 Å². The van der Waals surface area contributed by atoms with E-state index in [0.717, 1.165) is 4.70 Å². The van der Waals surface area contributed by atoms with Gasteiger partial charge in [0.15, 0.2) is 5.13 Å². The molecule has 1 aromatic carbocycles. The number of hydrogen-bond donors (Lipinski definition) is 0. The number of ether oxygens (including phenoxy) is 2. The molecule has 9 heteroatoms. The molecule has 1 fully saturated rings. The number of para-hydroxylation sites is 1. The van der Waals surface area contributed by atoms with Crippen LogP contribution in [0.3, 0.4) is 0 Å². The van der Waals surface area contributed by atoms with Gasteiger partial charge in [0.1, 0.15) is 11.3 Å². The maximum Gasteiger partial charge on any atom is 0.340 e. The number of rotatable bonds is 5. The van der Waals surface area contributed by atoms with Crippen LogP contribution < -0.4 is 9.64 Å². The van der Waals surface area contributed by atoms with Gasteiger partial charge in [0.25, 0.3) is 0 Å². The molecule has 0 N–H and O–H groups in total. The molecule has 150 valence electrons. The number of benzene rings is 1. The third-order valence-electron chi connectivity index (χ3n) is 4.80. The molecular formula is C20H20N4O4S. The zero-order valence-electron chi connectivity index (χ0n) is 16.3. The summed E-state index contributed by atoms with van der Waals surface area (Å²) in [4.78, 5) is 37.4. The molecular weight excluding hydrogens is 392 g/mol. The number of anilines is 1. The number of amides is 2. The minimum Gasteiger partial charge on any atom is -0.494 e. The van der Waals surface area contributed by atoms with Crippen LogP contribution in [0.1, 0.15) is 22.8 Å². The normalized spacial score (nSPS) is 16.5. The van der Waals surface area contributed by atoms with E-state index in [0.29, 0.717) is 34.1 Å². The number of likely N-dealkylation sites (N-methyl/N-ethyl adjacent to an activating group) is 1. The second kappa shape index (κ2) is 7.67. The van der Waals surface area contributed by atoms with Crippen molar-refractivity contribution in [2.75, 3.05) is 25.1 Å². The van der Waals surface area contributed by atoms with E-state index in [1.165, 1.54) is 16.2 Å². The molecule has 3 aromatic rings. The van der Waals surface area contributed by atoms with E-state index in [4.69, 9.17) is 9.47 Å². The van der Waals surface area contributed by atoms with Crippen molar-refractivity contribution in [1.29, 1.82) is 0 Å². The molecule has 4 rings (SSSR count). The minimum absolute atomic E-state index is 0.241. The molecule has 1 atom stereocenters. The molecule has 8 nitrogen and oxygen atoms in total. The van der Waals surface area contributed by atoms with E-state index in [1.807, 2.05) is 25.1 Å². The van der Waals surface area contributed by atoms with Crippen LogP contribution in [0.5, 0.6) is 5.75 Å². The number of hydrogen-bond acceptors (Lipinski definition) is 7. The highest BCUT2D eigenvalue weighted by Gasteiger charge is 2.42. The van der Waals surface area contributed by atoms with E-state index in [2.05, 4.69) is 9.97 Å². The number of thiazole rings is 1. The highest BCUT2D eigenvalue weighted by atomic mass is 32.1. The molecule has 29 heavy (non-hydrogen) atoms. The van der Waals surface area contributed by atoms with Gasteiger partial charge in [-0.25, -0.2) is 19.5 Å². The average molecular weight is 412 g/mol. The van der Waals surface area contributed by atoms with Crippen molar-refractivity contribution in [3.05, 3.63) is 47.8 Å². The fourth-order valence-corrected chi connectivity index (χ4v) is 4.27. The molecule has 2 aromatic heterocycles. The van der Waals surface area contributed by atoms with E-state index < -0.39 is 12.2 Å². The van der Waals surface area contributed by atoms with Gasteiger partial charge in [-0.1, -0.05) is 17.4 Å². The Bertz CT molecular complexity index is 1080. The number of esters is 1. The maximum atomic E-state index is 12.9. The van der Waals surface area contributed by atoms with Crippen molar-refractivity contribution < 1.29 is 19.1 Å². The quantitative estimate of drug-likeness (QED) is 0.597. The van der Waals surface area contributed by atoms with Crippen molar-refractivity contribution >= 4 is 38.7 Å². The van der Waals surface area contributed by atoms with Gasteiger partial charge in [0, 0.05) is 18.9 Å². The summed E-state index contributed by atoms with van der Waals surface area (Å²) in [6.07, 6.45) is 2.38. The van der Waals surface area contributed by atoms with E-state index in [9.17, 15) is 9.59 Å². The lowest BCUT2D eigenvalue weighted by atomic mass is 10.2. The van der Waals surface area contributed by atoms with Crippen LogP contribution in [0.2, 0.25) is 0 Å². The number of aromatic nitrogens is 2. The second-order valence-electron chi connectivity index (χ2n) is 6.55. The van der Waals surface area contributed by atoms with Gasteiger partial charge in [-0.05, 0) is 37.6 Å². The van der Waals surface area contributed by atoms with Crippen molar-refractivity contribution in [1.82, 2.24) is 14.9 Å². The SMILES string of the molecule is CCN1CC(OC(=O)c2ccncc2C)N(c2nc3c(OC)cccc3s2)C1=O. The standard InChI is InChI=1S/C20H20N4O4S/c1-4-23-11-16(28-18(25)13-8-9-21-10-12(13)2)24(20(23)26)19-22-17-14(27-3)6-5-7-15(17)29-19/h5-10,16H,4,11H2,1-3H3. The summed E-state index contributed by atoms with van der Waals surface area (Å²) < 4.78 is 12.0. The Morgan fingerprint density at radius 1 is 1.34 bits per heavy atom. The van der Waals surface area contributed by atoms with Crippen LogP contribution in [-0.4, -0.2) is 53.3 Å². The fraction of sp³-hybridized carbons (Fsp3) is 0.300. The summed E-state index contributed by atoms with van der Waals surface area (Å²) in [5.74, 6) is 0.134. The fourth-order valence-electron chi connectivity index (χ4n) is 3.25. The number of carbonyl (C=O) groups is 2. The first-order valence-corrected chi connectivity index (χ1v) is 9.98. The third kappa shape index (κ3) is 3.38. The predicted molar refractivity (Wildman–Crippen MR) is 109 cm³/mol. The first-order chi connectivity index (χ1) is 14.0. The monoisotopic (exact) mass is 412 g/mol. The Balaban J connectivity index is 1.69. The Hall–Kier alpha value is -3.20. The number of fused-ring (bicyclic) bond motifs is 1. The Kier molecular flexibility index (Phi) is 5.06. The van der Waals surface area contributed by atoms with E-state index in [1.54, 1.807) is 37.4 Å². The summed E-state index contributed by atoms with van der Waals surface area (Å²) in [5, 5.41) is 0.467. The topological polar surface area (TPSA) is 84.9 Å². The van der Waals surface area contributed by atoms with Crippen LogP contribution in [0, 0.1) is 6.92 Å². The first-order valence-electron chi connectivity index (χ1n) is 9.16. The van der Waals surface area contributed by atoms with Gasteiger partial charge < -0.3 is 14.4 Å². The van der Waals surface area contributed by atoms with Crippen LogP contribution in [0.4, 0.5) is 9.93 Å². The van der Waals surface area contributed by atoms with Gasteiger partial charge >= 0.3 is 12.0 Å². The van der Waals surface area contributed by atoms with Gasteiger partial charge in [0.2, 0.25) is 6.23 Å². The highest BCUT2D eigenvalue weighted by Crippen LogP contribution is 2.37. The molecule has 0 spiro atoms. The number of pyridine rings is 1. The molecule has 3 heterocycles. The molecule has 0 saturated carbocycles. The van der Waals surface area contributed by atoms with Crippen LogP contribution in [0.15, 0.2) is 36.7 Å². The molecule has 0 bridgehead atoms. The smallest absolute Gasteiger partial charge is 0.340 e. The van der Waals surface area contributed by atoms with Crippen molar-refractivity contribution in [3.8, 4) is 5.75 Å². The van der Waals surface area contributed by atoms with E-state index in [-0.39, 0.29) is 12.6 Å². The molecule has 1 aliphatic rings. The Morgan fingerprint density at radius 3 is 2.90 bits per heavy atom. The number of urea groups is 1. The number of aryl methyl sites for hydroxylation is 1. The molecule has 0 radical (unpaired) electrons. The van der Waals surface area contributed by atoms with Gasteiger partial charge in [-0.3, -0.25) is 4.98 Å². The molecule has 1 unspecified atom stereocenters. The van der Waals surface area contributed by atoms with Crippen molar-refractivity contribution in [2.24, 2.45) is 0 Å². The zero-order valence-corrected chi connectivity index (χ0v) is 17.1. The largest absolute Gasteiger partial charge is 0.494 e. The second-order valence-corrected chi connectivity index (χ2v) is 7.55. The highest BCUT2D eigenvalue weighted by molar-refractivity contribution is 7.22. The summed E-state index contributed by atoms with van der Waals surface area (Å²) in [5.41, 5.74) is 1.81. The summed E-state index contributed by atoms with van der Waals surface area (Å²) in [6.45, 7) is 4.46. The Morgan fingerprint density at radius 2 is 2.17 bits per heavy atom. The predicted octanol–water partition coefficient (Wildman–Crippen LogP) is 3.45. The molecule has 1 saturated heterocycles.